The Morgan fingerprint density at radius 2 is 1.71 bits per heavy atom. The molecule has 5 nitrogen and oxygen atoms in total. The summed E-state index contributed by atoms with van der Waals surface area (Å²) in [5.41, 5.74) is 2.00. The molecular formula is C15H19N3O2S. The first kappa shape index (κ1) is 15.6. The predicted octanol–water partition coefficient (Wildman–Crippen LogP) is 2.31. The molecule has 6 heteroatoms. The number of nitrogens with zero attached hydrogens (tertiary/aromatic N) is 3. The molecule has 0 saturated carbocycles. The van der Waals surface area contributed by atoms with Gasteiger partial charge in [0, 0.05) is 19.8 Å². The molecule has 1 aromatic carbocycles. The molecule has 0 spiro atoms. The molecule has 21 heavy (non-hydrogen) atoms. The van der Waals surface area contributed by atoms with Crippen molar-refractivity contribution in [1.29, 1.82) is 0 Å². The third-order valence-electron chi connectivity index (χ3n) is 3.01. The molecule has 1 aliphatic rings. The normalized spacial score (nSPS) is 17.2. The van der Waals surface area contributed by atoms with Crippen LogP contribution in [0.5, 0.6) is 0 Å². The van der Waals surface area contributed by atoms with Gasteiger partial charge in [-0.3, -0.25) is 19.4 Å². The van der Waals surface area contributed by atoms with Crippen LogP contribution in [0.3, 0.4) is 0 Å². The maximum Gasteiger partial charge on any atom is 0.294 e. The highest BCUT2D eigenvalue weighted by molar-refractivity contribution is 8.18. The van der Waals surface area contributed by atoms with Crippen molar-refractivity contribution < 1.29 is 9.59 Å². The Bertz CT molecular complexity index is 579. The van der Waals surface area contributed by atoms with E-state index in [0.29, 0.717) is 11.6 Å². The van der Waals surface area contributed by atoms with E-state index >= 15 is 0 Å². The molecule has 1 saturated heterocycles. The van der Waals surface area contributed by atoms with Crippen LogP contribution in [0.1, 0.15) is 5.56 Å². The summed E-state index contributed by atoms with van der Waals surface area (Å²) in [5.74, 6) is -0.226. The number of benzene rings is 1. The van der Waals surface area contributed by atoms with Gasteiger partial charge in [-0.2, -0.15) is 0 Å². The summed E-state index contributed by atoms with van der Waals surface area (Å²) in [4.78, 5) is 29.6. The van der Waals surface area contributed by atoms with E-state index in [2.05, 4.69) is 0 Å². The van der Waals surface area contributed by atoms with E-state index in [1.165, 1.54) is 4.90 Å². The molecule has 1 fully saturated rings. The Hall–Kier alpha value is -1.79. The predicted molar refractivity (Wildman–Crippen MR) is 87.1 cm³/mol. The average molecular weight is 305 g/mol. The SMILES string of the molecule is CN(C)CN1C(=O)S/C(=C\c2ccc(N(C)C)cc2)C1=O. The molecule has 0 aromatic heterocycles. The summed E-state index contributed by atoms with van der Waals surface area (Å²) < 4.78 is 0. The number of carbonyl (C=O) groups is 2. The van der Waals surface area contributed by atoms with Gasteiger partial charge < -0.3 is 4.90 Å². The lowest BCUT2D eigenvalue weighted by Gasteiger charge is -2.17. The van der Waals surface area contributed by atoms with Gasteiger partial charge in [-0.1, -0.05) is 12.1 Å². The van der Waals surface area contributed by atoms with Gasteiger partial charge in [0.2, 0.25) is 0 Å². The van der Waals surface area contributed by atoms with Crippen LogP contribution in [0.15, 0.2) is 29.2 Å². The molecule has 2 amide bonds. The highest BCUT2D eigenvalue weighted by atomic mass is 32.2. The minimum atomic E-state index is -0.226. The van der Waals surface area contributed by atoms with Gasteiger partial charge >= 0.3 is 0 Å². The van der Waals surface area contributed by atoms with Crippen molar-refractivity contribution in [1.82, 2.24) is 9.80 Å². The zero-order valence-corrected chi connectivity index (χ0v) is 13.5. The van der Waals surface area contributed by atoms with E-state index in [1.807, 2.05) is 57.4 Å². The van der Waals surface area contributed by atoms with Crippen LogP contribution >= 0.6 is 11.8 Å². The molecule has 0 unspecified atom stereocenters. The lowest BCUT2D eigenvalue weighted by Crippen LogP contribution is -2.36. The summed E-state index contributed by atoms with van der Waals surface area (Å²) in [7, 11) is 7.60. The van der Waals surface area contributed by atoms with Crippen LogP contribution < -0.4 is 4.90 Å². The molecule has 1 heterocycles. The van der Waals surface area contributed by atoms with Gasteiger partial charge in [-0.15, -0.1) is 0 Å². The Morgan fingerprint density at radius 3 is 2.24 bits per heavy atom. The van der Waals surface area contributed by atoms with Crippen molar-refractivity contribution in [2.45, 2.75) is 0 Å². The summed E-state index contributed by atoms with van der Waals surface area (Å²) >= 11 is 0.991. The number of hydrogen-bond acceptors (Lipinski definition) is 5. The molecule has 2 rings (SSSR count). The second-order valence-electron chi connectivity index (χ2n) is 5.32. The lowest BCUT2D eigenvalue weighted by atomic mass is 10.2. The van der Waals surface area contributed by atoms with E-state index in [0.717, 1.165) is 23.0 Å². The third-order valence-corrected chi connectivity index (χ3v) is 3.91. The van der Waals surface area contributed by atoms with E-state index in [4.69, 9.17) is 0 Å². The Labute approximate surface area is 129 Å². The largest absolute Gasteiger partial charge is 0.378 e. The van der Waals surface area contributed by atoms with E-state index in [-0.39, 0.29) is 11.1 Å². The smallest absolute Gasteiger partial charge is 0.294 e. The van der Waals surface area contributed by atoms with Crippen LogP contribution in [0.4, 0.5) is 10.5 Å². The fraction of sp³-hybridized carbons (Fsp3) is 0.333. The summed E-state index contributed by atoms with van der Waals surface area (Å²) in [6, 6.07) is 7.84. The van der Waals surface area contributed by atoms with Crippen molar-refractivity contribution in [2.75, 3.05) is 39.8 Å². The van der Waals surface area contributed by atoms with Crippen LogP contribution in [-0.2, 0) is 4.79 Å². The minimum absolute atomic E-state index is 0.218. The zero-order valence-electron chi connectivity index (χ0n) is 12.7. The maximum atomic E-state index is 12.2. The van der Waals surface area contributed by atoms with Crippen LogP contribution in [0.2, 0.25) is 0 Å². The fourth-order valence-corrected chi connectivity index (χ4v) is 2.76. The fourth-order valence-electron chi connectivity index (χ4n) is 1.92. The topological polar surface area (TPSA) is 43.9 Å². The van der Waals surface area contributed by atoms with Gasteiger partial charge in [0.15, 0.2) is 0 Å². The maximum absolute atomic E-state index is 12.2. The first-order valence-electron chi connectivity index (χ1n) is 6.56. The molecule has 0 radical (unpaired) electrons. The van der Waals surface area contributed by atoms with Crippen LogP contribution in [0, 0.1) is 0 Å². The number of amides is 2. The van der Waals surface area contributed by atoms with Gasteiger partial charge in [0.25, 0.3) is 11.1 Å². The minimum Gasteiger partial charge on any atom is -0.378 e. The molecule has 112 valence electrons. The number of anilines is 1. The van der Waals surface area contributed by atoms with Gasteiger partial charge in [-0.05, 0) is 49.6 Å². The van der Waals surface area contributed by atoms with Crippen molar-refractivity contribution in [3.63, 3.8) is 0 Å². The van der Waals surface area contributed by atoms with Crippen molar-refractivity contribution in [3.8, 4) is 0 Å². The Morgan fingerprint density at radius 1 is 1.10 bits per heavy atom. The van der Waals surface area contributed by atoms with Crippen molar-refractivity contribution in [3.05, 3.63) is 34.7 Å². The molecule has 0 N–H and O–H groups in total. The quantitative estimate of drug-likeness (QED) is 0.799. The van der Waals surface area contributed by atoms with E-state index in [9.17, 15) is 9.59 Å². The van der Waals surface area contributed by atoms with Crippen LogP contribution in [-0.4, -0.2) is 55.8 Å². The monoisotopic (exact) mass is 305 g/mol. The van der Waals surface area contributed by atoms with E-state index < -0.39 is 0 Å². The summed E-state index contributed by atoms with van der Waals surface area (Å²) in [6.45, 7) is 0.307. The van der Waals surface area contributed by atoms with E-state index in [1.54, 1.807) is 11.0 Å². The molecule has 0 bridgehead atoms. The zero-order chi connectivity index (χ0) is 15.6. The average Bonchev–Trinajstić information content (AvgIpc) is 2.67. The highest BCUT2D eigenvalue weighted by Gasteiger charge is 2.35. The molecule has 0 aliphatic carbocycles. The van der Waals surface area contributed by atoms with Crippen molar-refractivity contribution >= 4 is 34.7 Å². The molecular weight excluding hydrogens is 286 g/mol. The second kappa shape index (κ2) is 6.32. The lowest BCUT2D eigenvalue weighted by molar-refractivity contribution is -0.123. The highest BCUT2D eigenvalue weighted by Crippen LogP contribution is 2.32. The van der Waals surface area contributed by atoms with Crippen LogP contribution in [0.25, 0.3) is 6.08 Å². The summed E-state index contributed by atoms with van der Waals surface area (Å²) in [6.07, 6.45) is 1.76. The van der Waals surface area contributed by atoms with Gasteiger partial charge in [0.1, 0.15) is 0 Å². The van der Waals surface area contributed by atoms with Gasteiger partial charge in [-0.25, -0.2) is 0 Å². The molecule has 1 aromatic rings. The Kier molecular flexibility index (Phi) is 4.69. The second-order valence-corrected chi connectivity index (χ2v) is 6.31. The summed E-state index contributed by atoms with van der Waals surface area (Å²) in [5, 5.41) is -0.218. The van der Waals surface area contributed by atoms with Gasteiger partial charge in [0.05, 0.1) is 11.6 Å². The first-order valence-corrected chi connectivity index (χ1v) is 7.37. The number of thioether (sulfide) groups is 1. The number of carbonyl (C=O) groups excluding carboxylic acids is 2. The van der Waals surface area contributed by atoms with Crippen molar-refractivity contribution in [2.24, 2.45) is 0 Å². The molecule has 0 atom stereocenters. The number of rotatable bonds is 4. The number of hydrogen-bond donors (Lipinski definition) is 0. The first-order chi connectivity index (χ1) is 9.88. The Balaban J connectivity index is 2.18. The third kappa shape index (κ3) is 3.65. The molecule has 1 aliphatic heterocycles. The standard InChI is InChI=1S/C15H19N3O2S/c1-16(2)10-18-14(19)13(21-15(18)20)9-11-5-7-12(8-6-11)17(3)4/h5-9H,10H2,1-4H3/b13-9-. The number of imide groups is 1.